The molecule has 6 aromatic rings. The first-order chi connectivity index (χ1) is 22.8. The van der Waals surface area contributed by atoms with Gasteiger partial charge in [0.25, 0.3) is 11.8 Å². The van der Waals surface area contributed by atoms with Crippen molar-refractivity contribution in [3.05, 3.63) is 146 Å². The number of amides is 2. The summed E-state index contributed by atoms with van der Waals surface area (Å²) >= 11 is 8.86. The predicted molar refractivity (Wildman–Crippen MR) is 180 cm³/mol. The summed E-state index contributed by atoms with van der Waals surface area (Å²) in [5.41, 5.74) is 0.933. The minimum Gasteiger partial charge on any atom is -0.450 e. The van der Waals surface area contributed by atoms with Gasteiger partial charge < -0.3 is 9.32 Å². The Balaban J connectivity index is 1.33. The highest BCUT2D eigenvalue weighted by molar-refractivity contribution is 8.00. The molecule has 4 heterocycles. The molecule has 1 atom stereocenters. The van der Waals surface area contributed by atoms with E-state index in [1.807, 2.05) is 49.4 Å². The number of benzene rings is 4. The first-order valence-corrected chi connectivity index (χ1v) is 16.7. The molecule has 2 amide bonds. The van der Waals surface area contributed by atoms with E-state index in [2.05, 4.69) is 10.2 Å². The van der Waals surface area contributed by atoms with Crippen molar-refractivity contribution in [3.8, 4) is 0 Å². The maximum Gasteiger partial charge on any atom is 0.297 e. The molecule has 2 aliphatic rings. The van der Waals surface area contributed by atoms with E-state index < -0.39 is 28.6 Å². The number of halogens is 2. The topological polar surface area (TPSA) is 96.6 Å². The van der Waals surface area contributed by atoms with Crippen molar-refractivity contribution in [3.63, 3.8) is 0 Å². The Morgan fingerprint density at radius 1 is 0.957 bits per heavy atom. The van der Waals surface area contributed by atoms with E-state index in [1.54, 1.807) is 35.2 Å². The van der Waals surface area contributed by atoms with Gasteiger partial charge in [-0.05, 0) is 48.4 Å². The van der Waals surface area contributed by atoms with Gasteiger partial charge in [0.1, 0.15) is 11.4 Å². The summed E-state index contributed by atoms with van der Waals surface area (Å²) in [6, 6.07) is 25.8. The number of fused-ring (bicyclic) bond motifs is 5. The van der Waals surface area contributed by atoms with Crippen LogP contribution in [0.4, 0.5) is 15.2 Å². The smallest absolute Gasteiger partial charge is 0.297 e. The van der Waals surface area contributed by atoms with E-state index in [0.717, 1.165) is 40.2 Å². The molecule has 8 rings (SSSR count). The molecule has 0 saturated heterocycles. The molecular weight excluding hydrogens is 659 g/mol. The minimum absolute atomic E-state index is 0.0316. The van der Waals surface area contributed by atoms with Crippen LogP contribution in [0.5, 0.6) is 0 Å². The normalized spacial score (nSPS) is 16.8. The number of aryl methyl sites for hydroxylation is 1. The summed E-state index contributed by atoms with van der Waals surface area (Å²) in [5, 5.41) is 9.36. The molecule has 0 N–H and O–H groups in total. The summed E-state index contributed by atoms with van der Waals surface area (Å²) in [5.74, 6) is -1.70. The summed E-state index contributed by atoms with van der Waals surface area (Å²) in [6.07, 6.45) is 0. The van der Waals surface area contributed by atoms with Crippen molar-refractivity contribution in [2.75, 3.05) is 9.80 Å². The van der Waals surface area contributed by atoms with Crippen molar-refractivity contribution >= 4 is 68.3 Å². The van der Waals surface area contributed by atoms with Gasteiger partial charge in [0.2, 0.25) is 10.9 Å². The SMILES string of the molecule is Cc1cccc(CN2C(=O)C3(c4ccccc42)c2c(oc4ccc(F)cc4c2=O)C(=O)N3c2nnc(SCc3ccccc3Cl)s2)c1. The molecule has 1 spiro atoms. The van der Waals surface area contributed by atoms with E-state index in [0.29, 0.717) is 26.4 Å². The maximum atomic E-state index is 15.1. The second kappa shape index (κ2) is 11.2. The van der Waals surface area contributed by atoms with Gasteiger partial charge in [-0.15, -0.1) is 10.2 Å². The second-order valence-electron chi connectivity index (χ2n) is 11.3. The fraction of sp³-hybridized carbons (Fsp3) is 0.114. The molecule has 8 nitrogen and oxygen atoms in total. The Labute approximate surface area is 280 Å². The number of nitrogens with zero attached hydrogens (tertiary/aromatic N) is 4. The van der Waals surface area contributed by atoms with Gasteiger partial charge in [0, 0.05) is 16.3 Å². The zero-order valence-electron chi connectivity index (χ0n) is 24.6. The maximum absolute atomic E-state index is 15.1. The lowest BCUT2D eigenvalue weighted by Gasteiger charge is -2.32. The lowest BCUT2D eigenvalue weighted by molar-refractivity contribution is -0.121. The van der Waals surface area contributed by atoms with Crippen molar-refractivity contribution in [2.24, 2.45) is 0 Å². The Bertz CT molecular complexity index is 2340. The van der Waals surface area contributed by atoms with E-state index in [4.69, 9.17) is 16.0 Å². The highest BCUT2D eigenvalue weighted by Gasteiger charge is 2.66. The van der Waals surface area contributed by atoms with Crippen LogP contribution in [0.15, 0.2) is 105 Å². The number of para-hydroxylation sites is 1. The third-order valence-electron chi connectivity index (χ3n) is 8.41. The highest BCUT2D eigenvalue weighted by atomic mass is 35.5. The molecule has 0 radical (unpaired) electrons. The molecule has 232 valence electrons. The second-order valence-corrected chi connectivity index (χ2v) is 13.8. The number of carbonyl (C=O) groups is 2. The number of rotatable bonds is 6. The molecule has 4 aromatic carbocycles. The van der Waals surface area contributed by atoms with Crippen LogP contribution >= 0.6 is 34.7 Å². The van der Waals surface area contributed by atoms with Gasteiger partial charge in [-0.3, -0.25) is 19.3 Å². The van der Waals surface area contributed by atoms with Crippen molar-refractivity contribution in [1.29, 1.82) is 0 Å². The molecule has 2 aromatic heterocycles. The number of carbonyl (C=O) groups excluding carboxylic acids is 2. The molecule has 1 unspecified atom stereocenters. The molecule has 12 heteroatoms. The fourth-order valence-corrected chi connectivity index (χ4v) is 8.57. The quantitative estimate of drug-likeness (QED) is 0.133. The molecule has 0 saturated carbocycles. The zero-order chi connectivity index (χ0) is 32.4. The molecule has 0 fully saturated rings. The Morgan fingerprint density at radius 2 is 1.77 bits per heavy atom. The highest BCUT2D eigenvalue weighted by Crippen LogP contribution is 2.55. The summed E-state index contributed by atoms with van der Waals surface area (Å²) in [4.78, 5) is 46.8. The van der Waals surface area contributed by atoms with Gasteiger partial charge >= 0.3 is 0 Å². The van der Waals surface area contributed by atoms with E-state index in [1.165, 1.54) is 22.7 Å². The van der Waals surface area contributed by atoms with Gasteiger partial charge in [0.15, 0.2) is 15.3 Å². The van der Waals surface area contributed by atoms with Crippen molar-refractivity contribution in [2.45, 2.75) is 29.1 Å². The number of aromatic nitrogens is 2. The Morgan fingerprint density at radius 3 is 2.60 bits per heavy atom. The Kier molecular flexibility index (Phi) is 7.01. The minimum atomic E-state index is -1.97. The van der Waals surface area contributed by atoms with Crippen molar-refractivity contribution < 1.29 is 18.4 Å². The van der Waals surface area contributed by atoms with Crippen LogP contribution in [0.1, 0.15) is 38.4 Å². The van der Waals surface area contributed by atoms with E-state index in [-0.39, 0.29) is 34.0 Å². The first kappa shape index (κ1) is 29.6. The zero-order valence-corrected chi connectivity index (χ0v) is 27.0. The number of hydrogen-bond acceptors (Lipinski definition) is 8. The molecular formula is C35H22ClFN4O4S2. The molecule has 0 aliphatic carbocycles. The van der Waals surface area contributed by atoms with Crippen molar-refractivity contribution in [1.82, 2.24) is 10.2 Å². The van der Waals surface area contributed by atoms with Crippen LogP contribution in [-0.4, -0.2) is 22.0 Å². The van der Waals surface area contributed by atoms with Gasteiger partial charge in [-0.2, -0.15) is 0 Å². The van der Waals surface area contributed by atoms with E-state index in [9.17, 15) is 14.0 Å². The van der Waals surface area contributed by atoms with Gasteiger partial charge in [-0.25, -0.2) is 4.39 Å². The molecule has 2 aliphatic heterocycles. The van der Waals surface area contributed by atoms with Crippen LogP contribution in [0.25, 0.3) is 11.0 Å². The third-order valence-corrected chi connectivity index (χ3v) is 10.9. The first-order valence-electron chi connectivity index (χ1n) is 14.6. The van der Waals surface area contributed by atoms with Crippen LogP contribution < -0.4 is 15.2 Å². The number of thioether (sulfide) groups is 1. The van der Waals surface area contributed by atoms with Gasteiger partial charge in [-0.1, -0.05) is 101 Å². The predicted octanol–water partition coefficient (Wildman–Crippen LogP) is 7.49. The van der Waals surface area contributed by atoms with Gasteiger partial charge in [0.05, 0.1) is 23.2 Å². The summed E-state index contributed by atoms with van der Waals surface area (Å²) in [6.45, 7) is 2.14. The average molecular weight is 681 g/mol. The largest absolute Gasteiger partial charge is 0.450 e. The van der Waals surface area contributed by atoms with Crippen LogP contribution in [0.3, 0.4) is 0 Å². The molecule has 0 bridgehead atoms. The number of anilines is 2. The molecule has 47 heavy (non-hydrogen) atoms. The van der Waals surface area contributed by atoms with Crippen LogP contribution in [0.2, 0.25) is 5.02 Å². The Hall–Kier alpha value is -4.84. The van der Waals surface area contributed by atoms with Crippen LogP contribution in [0, 0.1) is 12.7 Å². The van der Waals surface area contributed by atoms with E-state index >= 15 is 4.79 Å². The summed E-state index contributed by atoms with van der Waals surface area (Å²) in [7, 11) is 0. The number of hydrogen-bond donors (Lipinski definition) is 0. The average Bonchev–Trinajstić information content (AvgIpc) is 3.70. The van der Waals surface area contributed by atoms with Crippen LogP contribution in [-0.2, 0) is 22.6 Å². The third kappa shape index (κ3) is 4.52. The monoisotopic (exact) mass is 680 g/mol. The fourth-order valence-electron chi connectivity index (χ4n) is 6.39. The standard InChI is InChI=1S/C35H22ClFN4O4S2/c1-19-7-6-8-20(15-19)17-40-26-12-5-3-10-24(26)35(32(40)44)28-29(42)23-16-22(37)13-14-27(23)45-30(28)31(43)41(35)33-38-39-34(47-33)46-18-21-9-2-4-11-25(21)36/h2-16H,17-18H2,1H3. The lowest BCUT2D eigenvalue weighted by Crippen LogP contribution is -2.53. The summed E-state index contributed by atoms with van der Waals surface area (Å²) < 4.78 is 21.1. The lowest BCUT2D eigenvalue weighted by atomic mass is 9.84.